The van der Waals surface area contributed by atoms with E-state index in [4.69, 9.17) is 8.94 Å². The van der Waals surface area contributed by atoms with Crippen molar-refractivity contribution in [2.45, 2.75) is 45.6 Å². The summed E-state index contributed by atoms with van der Waals surface area (Å²) in [5.41, 5.74) is 1.02. The second-order valence-electron chi connectivity index (χ2n) is 5.82. The van der Waals surface area contributed by atoms with Gasteiger partial charge in [-0.15, -0.1) is 30.6 Å². The molecule has 0 unspecified atom stereocenters. The van der Waals surface area contributed by atoms with Crippen LogP contribution in [0.15, 0.2) is 51.0 Å². The van der Waals surface area contributed by atoms with Crippen LogP contribution < -0.4 is 10.6 Å². The van der Waals surface area contributed by atoms with Crippen LogP contribution in [0.2, 0.25) is 0 Å². The first-order chi connectivity index (χ1) is 12.3. The van der Waals surface area contributed by atoms with Gasteiger partial charge in [0.1, 0.15) is 12.3 Å². The largest absolute Gasteiger partial charge is 0.469 e. The minimum absolute atomic E-state index is 0. The third-order valence-electron chi connectivity index (χ3n) is 4.03. The minimum Gasteiger partial charge on any atom is -0.469 e. The van der Waals surface area contributed by atoms with Gasteiger partial charge in [0.2, 0.25) is 0 Å². The van der Waals surface area contributed by atoms with E-state index in [2.05, 4.69) is 41.2 Å². The van der Waals surface area contributed by atoms with Gasteiger partial charge in [-0.1, -0.05) is 25.1 Å². The average molecular weight is 472 g/mol. The molecule has 0 aromatic carbocycles. The lowest BCUT2D eigenvalue weighted by Gasteiger charge is -2.10. The van der Waals surface area contributed by atoms with Gasteiger partial charge in [0.25, 0.3) is 0 Å². The van der Waals surface area contributed by atoms with Crippen molar-refractivity contribution in [3.05, 3.63) is 54.3 Å². The van der Waals surface area contributed by atoms with Gasteiger partial charge in [0.15, 0.2) is 11.7 Å². The molecular weight excluding hydrogens is 443 g/mol. The van der Waals surface area contributed by atoms with Crippen molar-refractivity contribution >= 4 is 29.9 Å². The number of nitrogens with one attached hydrogen (secondary N) is 2. The van der Waals surface area contributed by atoms with E-state index >= 15 is 0 Å². The average Bonchev–Trinajstić information content (AvgIpc) is 3.30. The number of guanidine groups is 1. The molecule has 7 heteroatoms. The molecular formula is C19H29IN4O2. The van der Waals surface area contributed by atoms with E-state index < -0.39 is 0 Å². The van der Waals surface area contributed by atoms with Crippen LogP contribution in [-0.4, -0.2) is 24.2 Å². The zero-order valence-electron chi connectivity index (χ0n) is 15.5. The highest BCUT2D eigenvalue weighted by atomic mass is 127. The summed E-state index contributed by atoms with van der Waals surface area (Å²) in [6.45, 7) is 9.87. The van der Waals surface area contributed by atoms with Gasteiger partial charge in [-0.25, -0.2) is 4.99 Å². The summed E-state index contributed by atoms with van der Waals surface area (Å²) in [4.78, 5) is 4.56. The fourth-order valence-corrected chi connectivity index (χ4v) is 2.56. The summed E-state index contributed by atoms with van der Waals surface area (Å²) in [5.74, 6) is 2.88. The molecule has 2 rings (SSSR count). The van der Waals surface area contributed by atoms with Gasteiger partial charge in [-0.3, -0.25) is 0 Å². The molecule has 2 aromatic rings. The Labute approximate surface area is 172 Å². The van der Waals surface area contributed by atoms with E-state index in [1.54, 1.807) is 12.3 Å². The zero-order valence-corrected chi connectivity index (χ0v) is 17.9. The molecule has 0 atom stereocenters. The number of halogens is 1. The second kappa shape index (κ2) is 12.6. The van der Waals surface area contributed by atoms with E-state index in [1.807, 2.05) is 18.2 Å². The van der Waals surface area contributed by atoms with Crippen molar-refractivity contribution in [1.29, 1.82) is 0 Å². The van der Waals surface area contributed by atoms with E-state index in [-0.39, 0.29) is 24.0 Å². The first kappa shape index (κ1) is 22.3. The Morgan fingerprint density at radius 1 is 1.31 bits per heavy atom. The van der Waals surface area contributed by atoms with Crippen molar-refractivity contribution < 1.29 is 8.94 Å². The molecule has 0 saturated heterocycles. The maximum absolute atomic E-state index is 5.42. The van der Waals surface area contributed by atoms with Gasteiger partial charge in [0, 0.05) is 31.5 Å². The second-order valence-corrected chi connectivity index (χ2v) is 5.82. The summed E-state index contributed by atoms with van der Waals surface area (Å²) in [6, 6.07) is 5.86. The van der Waals surface area contributed by atoms with Crippen molar-refractivity contribution in [2.75, 3.05) is 13.1 Å². The first-order valence-corrected chi connectivity index (χ1v) is 8.87. The molecule has 0 saturated carbocycles. The molecule has 0 fully saturated rings. The van der Waals surface area contributed by atoms with Crippen LogP contribution in [0, 0.1) is 0 Å². The van der Waals surface area contributed by atoms with E-state index in [9.17, 15) is 0 Å². The van der Waals surface area contributed by atoms with Crippen LogP contribution in [0.1, 0.15) is 49.8 Å². The standard InChI is InChI=1S/C19H28N4O2.HI/c1-4-10-20-19(21-11-9-16-8-7-12-24-16)22-14-17-13-18(23-25-17)15(5-2)6-3;/h4,7-8,12-13,15H,1,5-6,9-11,14H2,2-3H3,(H2,20,21,22);1H. The number of hydrogen-bond donors (Lipinski definition) is 2. The molecule has 0 aliphatic carbocycles. The third-order valence-corrected chi connectivity index (χ3v) is 4.03. The molecule has 0 bridgehead atoms. The summed E-state index contributed by atoms with van der Waals surface area (Å²) in [5, 5.41) is 10.7. The molecule has 0 radical (unpaired) electrons. The van der Waals surface area contributed by atoms with Crippen LogP contribution in [0.4, 0.5) is 0 Å². The molecule has 6 nitrogen and oxygen atoms in total. The Morgan fingerprint density at radius 3 is 2.77 bits per heavy atom. The maximum atomic E-state index is 5.42. The summed E-state index contributed by atoms with van der Waals surface area (Å²) in [7, 11) is 0. The smallest absolute Gasteiger partial charge is 0.191 e. The molecule has 26 heavy (non-hydrogen) atoms. The summed E-state index contributed by atoms with van der Waals surface area (Å²) >= 11 is 0. The fourth-order valence-electron chi connectivity index (χ4n) is 2.56. The van der Waals surface area contributed by atoms with E-state index in [0.717, 1.165) is 43.0 Å². The molecule has 2 aromatic heterocycles. The highest BCUT2D eigenvalue weighted by Crippen LogP contribution is 2.22. The number of aromatic nitrogens is 1. The Hall–Kier alpha value is -1.77. The fraction of sp³-hybridized carbons (Fsp3) is 0.474. The van der Waals surface area contributed by atoms with Gasteiger partial charge in [-0.05, 0) is 25.0 Å². The molecule has 0 spiro atoms. The zero-order chi connectivity index (χ0) is 17.9. The predicted molar refractivity (Wildman–Crippen MR) is 115 cm³/mol. The van der Waals surface area contributed by atoms with Gasteiger partial charge in [-0.2, -0.15) is 0 Å². The first-order valence-electron chi connectivity index (χ1n) is 8.87. The number of hydrogen-bond acceptors (Lipinski definition) is 4. The molecule has 144 valence electrons. The monoisotopic (exact) mass is 472 g/mol. The van der Waals surface area contributed by atoms with Gasteiger partial charge in [0.05, 0.1) is 12.0 Å². The van der Waals surface area contributed by atoms with E-state index in [0.29, 0.717) is 25.0 Å². The lowest BCUT2D eigenvalue weighted by atomic mass is 9.99. The lowest BCUT2D eigenvalue weighted by Crippen LogP contribution is -2.38. The van der Waals surface area contributed by atoms with E-state index in [1.165, 1.54) is 0 Å². The highest BCUT2D eigenvalue weighted by Gasteiger charge is 2.12. The Balaban J connectivity index is 0.00000338. The summed E-state index contributed by atoms with van der Waals surface area (Å²) < 4.78 is 10.8. The van der Waals surface area contributed by atoms with Crippen molar-refractivity contribution in [2.24, 2.45) is 4.99 Å². The highest BCUT2D eigenvalue weighted by molar-refractivity contribution is 14.0. The van der Waals surface area contributed by atoms with Gasteiger partial charge >= 0.3 is 0 Å². The van der Waals surface area contributed by atoms with Crippen LogP contribution >= 0.6 is 24.0 Å². The number of aliphatic imine (C=N–C) groups is 1. The maximum Gasteiger partial charge on any atom is 0.191 e. The molecule has 2 heterocycles. The topological polar surface area (TPSA) is 75.6 Å². The van der Waals surface area contributed by atoms with Gasteiger partial charge < -0.3 is 19.6 Å². The normalized spacial score (nSPS) is 11.3. The molecule has 2 N–H and O–H groups in total. The minimum atomic E-state index is 0. The van der Waals surface area contributed by atoms with Crippen LogP contribution in [0.3, 0.4) is 0 Å². The number of furan rings is 1. The molecule has 0 aliphatic heterocycles. The third kappa shape index (κ3) is 7.23. The van der Waals surface area contributed by atoms with Crippen molar-refractivity contribution in [1.82, 2.24) is 15.8 Å². The van der Waals surface area contributed by atoms with Crippen LogP contribution in [0.5, 0.6) is 0 Å². The van der Waals surface area contributed by atoms with Crippen molar-refractivity contribution in [3.8, 4) is 0 Å². The Morgan fingerprint density at radius 2 is 2.12 bits per heavy atom. The lowest BCUT2D eigenvalue weighted by molar-refractivity contribution is 0.372. The molecule has 0 amide bonds. The van der Waals surface area contributed by atoms with Crippen LogP contribution in [0.25, 0.3) is 0 Å². The Kier molecular flexibility index (Phi) is 10.8. The number of rotatable bonds is 10. The van der Waals surface area contributed by atoms with Crippen LogP contribution in [-0.2, 0) is 13.0 Å². The quantitative estimate of drug-likeness (QED) is 0.234. The number of nitrogens with zero attached hydrogens (tertiary/aromatic N) is 2. The van der Waals surface area contributed by atoms with Crippen molar-refractivity contribution in [3.63, 3.8) is 0 Å². The SMILES string of the molecule is C=CCNC(=NCc1cc(C(CC)CC)no1)NCCc1ccco1.I. The summed E-state index contributed by atoms with van der Waals surface area (Å²) in [6.07, 6.45) is 6.40. The predicted octanol–water partition coefficient (Wildman–Crippen LogP) is 4.25. The molecule has 0 aliphatic rings. The Bertz CT molecular complexity index is 648.